The molecule has 0 radical (unpaired) electrons. The van der Waals surface area contributed by atoms with Gasteiger partial charge in [-0.3, -0.25) is 0 Å². The maximum Gasteiger partial charge on any atom is 0.348 e. The van der Waals surface area contributed by atoms with Gasteiger partial charge in [0.25, 0.3) is 0 Å². The van der Waals surface area contributed by atoms with Gasteiger partial charge >= 0.3 is 5.97 Å². The molecule has 66 valence electrons. The molecule has 0 saturated carbocycles. The molecule has 3 heteroatoms. The van der Waals surface area contributed by atoms with Crippen LogP contribution in [0.4, 0.5) is 0 Å². The first kappa shape index (κ1) is 9.26. The lowest BCUT2D eigenvalue weighted by Crippen LogP contribution is -2.03. The van der Waals surface area contributed by atoms with E-state index in [0.29, 0.717) is 11.5 Å². The summed E-state index contributed by atoms with van der Waals surface area (Å²) in [5.41, 5.74) is 0. The lowest BCUT2D eigenvalue weighted by molar-refractivity contribution is 0.0511. The Morgan fingerprint density at radius 2 is 2.33 bits per heavy atom. The van der Waals surface area contributed by atoms with Crippen molar-refractivity contribution >= 4 is 17.3 Å². The van der Waals surface area contributed by atoms with Crippen LogP contribution < -0.4 is 0 Å². The van der Waals surface area contributed by atoms with Crippen LogP contribution >= 0.6 is 11.3 Å². The molecule has 0 bridgehead atoms. The van der Waals surface area contributed by atoms with E-state index in [1.807, 2.05) is 19.9 Å². The molecule has 0 amide bonds. The van der Waals surface area contributed by atoms with Crippen LogP contribution in [0.5, 0.6) is 0 Å². The van der Waals surface area contributed by atoms with Crippen LogP contribution in [0.2, 0.25) is 0 Å². The molecule has 0 aliphatic rings. The van der Waals surface area contributed by atoms with E-state index in [9.17, 15) is 4.79 Å². The van der Waals surface area contributed by atoms with E-state index in [2.05, 4.69) is 0 Å². The lowest BCUT2D eigenvalue weighted by Gasteiger charge is -1.98. The minimum absolute atomic E-state index is 0.199. The van der Waals surface area contributed by atoms with E-state index >= 15 is 0 Å². The highest BCUT2D eigenvalue weighted by Crippen LogP contribution is 2.15. The first-order chi connectivity index (χ1) is 5.74. The molecule has 0 N–H and O–H groups in total. The first-order valence-electron chi connectivity index (χ1n) is 3.97. The Hall–Kier alpha value is -0.830. The standard InChI is InChI=1S/C9H12O2S/c1-3-6-11-9(10)8-5-4-7(2)12-8/h4-5H,3,6H2,1-2H3. The fourth-order valence-electron chi connectivity index (χ4n) is 0.810. The predicted octanol–water partition coefficient (Wildman–Crippen LogP) is 2.62. The van der Waals surface area contributed by atoms with Crippen LogP contribution in [0, 0.1) is 6.92 Å². The van der Waals surface area contributed by atoms with Crippen molar-refractivity contribution in [2.45, 2.75) is 20.3 Å². The van der Waals surface area contributed by atoms with Gasteiger partial charge in [0, 0.05) is 4.88 Å². The summed E-state index contributed by atoms with van der Waals surface area (Å²) < 4.78 is 4.96. The molecule has 0 aliphatic carbocycles. The summed E-state index contributed by atoms with van der Waals surface area (Å²) in [6, 6.07) is 3.73. The van der Waals surface area contributed by atoms with Crippen LogP contribution in [0.15, 0.2) is 12.1 Å². The number of carbonyl (C=O) groups excluding carboxylic acids is 1. The van der Waals surface area contributed by atoms with Gasteiger partial charge in [-0.05, 0) is 25.5 Å². The van der Waals surface area contributed by atoms with Gasteiger partial charge < -0.3 is 4.74 Å². The second-order valence-corrected chi connectivity index (χ2v) is 3.83. The Balaban J connectivity index is 2.53. The Kier molecular flexibility index (Phi) is 3.29. The third kappa shape index (κ3) is 2.34. The average Bonchev–Trinajstić information content (AvgIpc) is 2.47. The Morgan fingerprint density at radius 1 is 1.58 bits per heavy atom. The fourth-order valence-corrected chi connectivity index (χ4v) is 1.57. The van der Waals surface area contributed by atoms with Gasteiger partial charge in [0.05, 0.1) is 6.61 Å². The third-order valence-corrected chi connectivity index (χ3v) is 2.36. The van der Waals surface area contributed by atoms with Gasteiger partial charge in [-0.15, -0.1) is 11.3 Å². The molecule has 0 saturated heterocycles. The van der Waals surface area contributed by atoms with E-state index < -0.39 is 0 Å². The van der Waals surface area contributed by atoms with E-state index in [4.69, 9.17) is 4.74 Å². The van der Waals surface area contributed by atoms with E-state index in [1.54, 1.807) is 6.07 Å². The van der Waals surface area contributed by atoms with Gasteiger partial charge in [-0.25, -0.2) is 4.79 Å². The maximum atomic E-state index is 11.2. The summed E-state index contributed by atoms with van der Waals surface area (Å²) in [5, 5.41) is 0. The number of ether oxygens (including phenoxy) is 1. The highest BCUT2D eigenvalue weighted by Gasteiger charge is 2.07. The molecule has 1 aromatic heterocycles. The zero-order valence-electron chi connectivity index (χ0n) is 7.29. The van der Waals surface area contributed by atoms with Gasteiger partial charge in [0.2, 0.25) is 0 Å². The van der Waals surface area contributed by atoms with Crippen molar-refractivity contribution < 1.29 is 9.53 Å². The molecule has 0 atom stereocenters. The molecule has 0 spiro atoms. The summed E-state index contributed by atoms with van der Waals surface area (Å²) in [6.45, 7) is 4.46. The smallest absolute Gasteiger partial charge is 0.348 e. The van der Waals surface area contributed by atoms with Crippen LogP contribution in [-0.4, -0.2) is 12.6 Å². The van der Waals surface area contributed by atoms with Crippen LogP contribution in [-0.2, 0) is 4.74 Å². The van der Waals surface area contributed by atoms with Gasteiger partial charge in [0.15, 0.2) is 0 Å². The topological polar surface area (TPSA) is 26.3 Å². The predicted molar refractivity (Wildman–Crippen MR) is 49.6 cm³/mol. The summed E-state index contributed by atoms with van der Waals surface area (Å²) in [6.07, 6.45) is 0.871. The van der Waals surface area contributed by atoms with Gasteiger partial charge in [0.1, 0.15) is 4.88 Å². The molecular weight excluding hydrogens is 172 g/mol. The Labute approximate surface area is 76.2 Å². The normalized spacial score (nSPS) is 9.83. The molecule has 1 heterocycles. The number of hydrogen-bond acceptors (Lipinski definition) is 3. The molecule has 12 heavy (non-hydrogen) atoms. The van der Waals surface area contributed by atoms with E-state index in [-0.39, 0.29) is 5.97 Å². The summed E-state index contributed by atoms with van der Waals surface area (Å²) >= 11 is 1.47. The van der Waals surface area contributed by atoms with E-state index in [1.165, 1.54) is 11.3 Å². The number of thiophene rings is 1. The van der Waals surface area contributed by atoms with Crippen LogP contribution in [0.3, 0.4) is 0 Å². The number of carbonyl (C=O) groups is 1. The SMILES string of the molecule is CCCOC(=O)c1ccc(C)s1. The zero-order valence-corrected chi connectivity index (χ0v) is 8.11. The van der Waals surface area contributed by atoms with E-state index in [0.717, 1.165) is 11.3 Å². The molecule has 1 rings (SSSR count). The van der Waals surface area contributed by atoms with Crippen LogP contribution in [0.25, 0.3) is 0 Å². The van der Waals surface area contributed by atoms with Crippen molar-refractivity contribution in [2.24, 2.45) is 0 Å². The maximum absolute atomic E-state index is 11.2. The fraction of sp³-hybridized carbons (Fsp3) is 0.444. The Bertz CT molecular complexity index is 265. The number of aryl methyl sites for hydroxylation is 1. The Morgan fingerprint density at radius 3 is 2.83 bits per heavy atom. The second kappa shape index (κ2) is 4.26. The monoisotopic (exact) mass is 184 g/mol. The lowest BCUT2D eigenvalue weighted by atomic mass is 10.4. The minimum Gasteiger partial charge on any atom is -0.462 e. The number of hydrogen-bond donors (Lipinski definition) is 0. The van der Waals surface area contributed by atoms with Crippen molar-refractivity contribution in [1.82, 2.24) is 0 Å². The van der Waals surface area contributed by atoms with Gasteiger partial charge in [-0.2, -0.15) is 0 Å². The van der Waals surface area contributed by atoms with Crippen LogP contribution in [0.1, 0.15) is 27.9 Å². The molecule has 0 unspecified atom stereocenters. The van der Waals surface area contributed by atoms with Crippen molar-refractivity contribution in [1.29, 1.82) is 0 Å². The van der Waals surface area contributed by atoms with Crippen molar-refractivity contribution in [3.63, 3.8) is 0 Å². The van der Waals surface area contributed by atoms with Crippen molar-refractivity contribution in [3.05, 3.63) is 21.9 Å². The number of esters is 1. The number of rotatable bonds is 3. The summed E-state index contributed by atoms with van der Waals surface area (Å²) in [7, 11) is 0. The molecular formula is C9H12O2S. The highest BCUT2D eigenvalue weighted by atomic mass is 32.1. The minimum atomic E-state index is -0.199. The molecule has 1 aromatic rings. The quantitative estimate of drug-likeness (QED) is 0.675. The summed E-state index contributed by atoms with van der Waals surface area (Å²) in [5.74, 6) is -0.199. The molecule has 0 fully saturated rings. The van der Waals surface area contributed by atoms with Gasteiger partial charge in [-0.1, -0.05) is 6.92 Å². The molecule has 0 aromatic carbocycles. The first-order valence-corrected chi connectivity index (χ1v) is 4.79. The largest absolute Gasteiger partial charge is 0.462 e. The van der Waals surface area contributed by atoms with Crippen molar-refractivity contribution in [3.8, 4) is 0 Å². The molecule has 0 aliphatic heterocycles. The molecule has 2 nitrogen and oxygen atoms in total. The summed E-state index contributed by atoms with van der Waals surface area (Å²) in [4.78, 5) is 13.0. The zero-order chi connectivity index (χ0) is 8.97. The average molecular weight is 184 g/mol. The second-order valence-electron chi connectivity index (χ2n) is 2.55. The third-order valence-electron chi connectivity index (χ3n) is 1.38. The van der Waals surface area contributed by atoms with Crippen molar-refractivity contribution in [2.75, 3.05) is 6.61 Å². The highest BCUT2D eigenvalue weighted by molar-refractivity contribution is 7.13.